The second kappa shape index (κ2) is 4.70. The van der Waals surface area contributed by atoms with Gasteiger partial charge in [0, 0.05) is 18.4 Å². The quantitative estimate of drug-likeness (QED) is 0.767. The topological polar surface area (TPSA) is 35.6 Å². The summed E-state index contributed by atoms with van der Waals surface area (Å²) in [5.74, 6) is 0.452. The third kappa shape index (κ3) is 2.44. The van der Waals surface area contributed by atoms with Gasteiger partial charge in [0.1, 0.15) is 0 Å². The van der Waals surface area contributed by atoms with E-state index in [0.717, 1.165) is 17.9 Å². The van der Waals surface area contributed by atoms with Crippen molar-refractivity contribution in [2.45, 2.75) is 32.3 Å². The minimum atomic E-state index is 0.398. The average Bonchev–Trinajstić information content (AvgIpc) is 2.87. The Bertz CT molecular complexity index is 458. The Labute approximate surface area is 99.9 Å². The van der Waals surface area contributed by atoms with Crippen LogP contribution in [0, 0.1) is 0 Å². The molecular weight excluding hydrogens is 224 g/mol. The standard InChI is InChI=1S/C11H15ClN4/c1-9(2)16-4-3-10(14-16)6-15-7-11(5-12)13-8-15/h3-4,7-9H,5-6H2,1-2H3. The molecule has 4 nitrogen and oxygen atoms in total. The summed E-state index contributed by atoms with van der Waals surface area (Å²) in [5.41, 5.74) is 1.93. The number of aromatic nitrogens is 4. The van der Waals surface area contributed by atoms with E-state index in [9.17, 15) is 0 Å². The second-order valence-electron chi connectivity index (χ2n) is 4.05. The molecule has 0 saturated carbocycles. The van der Waals surface area contributed by atoms with E-state index in [4.69, 9.17) is 11.6 Å². The molecule has 86 valence electrons. The Balaban J connectivity index is 2.08. The smallest absolute Gasteiger partial charge is 0.0953 e. The van der Waals surface area contributed by atoms with Crippen LogP contribution in [-0.2, 0) is 12.4 Å². The summed E-state index contributed by atoms with van der Waals surface area (Å²) >= 11 is 5.69. The van der Waals surface area contributed by atoms with Crippen molar-refractivity contribution in [2.24, 2.45) is 0 Å². The fraction of sp³-hybridized carbons (Fsp3) is 0.455. The van der Waals surface area contributed by atoms with Crippen LogP contribution < -0.4 is 0 Å². The molecule has 0 bridgehead atoms. The Morgan fingerprint density at radius 3 is 2.75 bits per heavy atom. The summed E-state index contributed by atoms with van der Waals surface area (Å²) in [4.78, 5) is 4.17. The van der Waals surface area contributed by atoms with Gasteiger partial charge in [-0.2, -0.15) is 5.10 Å². The number of halogens is 1. The van der Waals surface area contributed by atoms with Crippen LogP contribution in [-0.4, -0.2) is 19.3 Å². The average molecular weight is 239 g/mol. The van der Waals surface area contributed by atoms with Gasteiger partial charge in [-0.3, -0.25) is 4.68 Å². The molecule has 2 heterocycles. The van der Waals surface area contributed by atoms with Crippen molar-refractivity contribution in [2.75, 3.05) is 0 Å². The fourth-order valence-electron chi connectivity index (χ4n) is 1.50. The van der Waals surface area contributed by atoms with E-state index >= 15 is 0 Å². The minimum Gasteiger partial charge on any atom is -0.331 e. The van der Waals surface area contributed by atoms with Gasteiger partial charge in [-0.25, -0.2) is 4.98 Å². The van der Waals surface area contributed by atoms with Crippen molar-refractivity contribution in [3.63, 3.8) is 0 Å². The number of alkyl halides is 1. The normalized spacial score (nSPS) is 11.2. The molecule has 0 spiro atoms. The van der Waals surface area contributed by atoms with E-state index in [1.807, 2.05) is 27.7 Å². The van der Waals surface area contributed by atoms with Gasteiger partial charge in [0.25, 0.3) is 0 Å². The monoisotopic (exact) mass is 238 g/mol. The van der Waals surface area contributed by atoms with Crippen molar-refractivity contribution < 1.29 is 0 Å². The lowest BCUT2D eigenvalue weighted by atomic mass is 10.4. The highest BCUT2D eigenvalue weighted by molar-refractivity contribution is 6.16. The predicted octanol–water partition coefficient (Wildman–Crippen LogP) is 2.45. The van der Waals surface area contributed by atoms with Crippen LogP contribution in [0.2, 0.25) is 0 Å². The molecule has 0 aromatic carbocycles. The lowest BCUT2D eigenvalue weighted by molar-refractivity contribution is 0.523. The Kier molecular flexibility index (Phi) is 3.29. The van der Waals surface area contributed by atoms with Gasteiger partial charge >= 0.3 is 0 Å². The first-order chi connectivity index (χ1) is 7.69. The van der Waals surface area contributed by atoms with Gasteiger partial charge in [-0.15, -0.1) is 11.6 Å². The Morgan fingerprint density at radius 1 is 1.38 bits per heavy atom. The van der Waals surface area contributed by atoms with E-state index in [0.29, 0.717) is 11.9 Å². The van der Waals surface area contributed by atoms with Crippen LogP contribution in [0.4, 0.5) is 0 Å². The van der Waals surface area contributed by atoms with Crippen molar-refractivity contribution in [3.8, 4) is 0 Å². The summed E-state index contributed by atoms with van der Waals surface area (Å²) in [6.45, 7) is 4.96. The molecule has 0 aliphatic carbocycles. The molecule has 0 unspecified atom stereocenters. The van der Waals surface area contributed by atoms with Gasteiger partial charge in [-0.05, 0) is 19.9 Å². The predicted molar refractivity (Wildman–Crippen MR) is 63.5 cm³/mol. The van der Waals surface area contributed by atoms with E-state index in [1.54, 1.807) is 6.33 Å². The fourth-order valence-corrected chi connectivity index (χ4v) is 1.64. The molecule has 5 heteroatoms. The molecule has 16 heavy (non-hydrogen) atoms. The molecule has 2 aromatic rings. The van der Waals surface area contributed by atoms with Crippen LogP contribution in [0.3, 0.4) is 0 Å². The van der Waals surface area contributed by atoms with Crippen molar-refractivity contribution in [1.29, 1.82) is 0 Å². The highest BCUT2D eigenvalue weighted by Gasteiger charge is 2.03. The van der Waals surface area contributed by atoms with Gasteiger partial charge in [0.2, 0.25) is 0 Å². The third-order valence-corrected chi connectivity index (χ3v) is 2.63. The number of hydrogen-bond donors (Lipinski definition) is 0. The number of rotatable bonds is 4. The first-order valence-corrected chi connectivity index (χ1v) is 5.83. The molecule has 0 radical (unpaired) electrons. The number of imidazole rings is 1. The SMILES string of the molecule is CC(C)n1ccc(Cn2cnc(CCl)c2)n1. The molecule has 2 aromatic heterocycles. The molecule has 0 aliphatic rings. The van der Waals surface area contributed by atoms with Gasteiger partial charge in [0.05, 0.1) is 30.1 Å². The Morgan fingerprint density at radius 2 is 2.19 bits per heavy atom. The zero-order valence-corrected chi connectivity index (χ0v) is 10.2. The molecular formula is C11H15ClN4. The highest BCUT2D eigenvalue weighted by atomic mass is 35.5. The number of hydrogen-bond acceptors (Lipinski definition) is 2. The van der Waals surface area contributed by atoms with Crippen LogP contribution in [0.25, 0.3) is 0 Å². The highest BCUT2D eigenvalue weighted by Crippen LogP contribution is 2.07. The van der Waals surface area contributed by atoms with Crippen LogP contribution in [0.15, 0.2) is 24.8 Å². The van der Waals surface area contributed by atoms with E-state index < -0.39 is 0 Å². The lowest BCUT2D eigenvalue weighted by Crippen LogP contribution is -2.03. The van der Waals surface area contributed by atoms with Crippen molar-refractivity contribution in [3.05, 3.63) is 36.2 Å². The van der Waals surface area contributed by atoms with Gasteiger partial charge in [0.15, 0.2) is 0 Å². The molecule has 2 rings (SSSR count). The first-order valence-electron chi connectivity index (χ1n) is 5.29. The van der Waals surface area contributed by atoms with Crippen molar-refractivity contribution in [1.82, 2.24) is 19.3 Å². The lowest BCUT2D eigenvalue weighted by Gasteiger charge is -2.03. The Hall–Kier alpha value is -1.29. The maximum absolute atomic E-state index is 5.69. The molecule has 0 saturated heterocycles. The summed E-state index contributed by atoms with van der Waals surface area (Å²) in [7, 11) is 0. The van der Waals surface area contributed by atoms with Crippen LogP contribution in [0.1, 0.15) is 31.3 Å². The van der Waals surface area contributed by atoms with E-state index in [2.05, 4.69) is 23.9 Å². The zero-order valence-electron chi connectivity index (χ0n) is 9.47. The maximum atomic E-state index is 5.69. The summed E-state index contributed by atoms with van der Waals surface area (Å²) < 4.78 is 3.94. The largest absolute Gasteiger partial charge is 0.331 e. The third-order valence-electron chi connectivity index (χ3n) is 2.36. The zero-order chi connectivity index (χ0) is 11.5. The molecule has 0 aliphatic heterocycles. The van der Waals surface area contributed by atoms with E-state index in [1.165, 1.54) is 0 Å². The molecule has 0 fully saturated rings. The van der Waals surface area contributed by atoms with Crippen LogP contribution in [0.5, 0.6) is 0 Å². The summed E-state index contributed by atoms with van der Waals surface area (Å²) in [5, 5.41) is 4.48. The molecule has 0 atom stereocenters. The minimum absolute atomic E-state index is 0.398. The first kappa shape index (κ1) is 11.2. The maximum Gasteiger partial charge on any atom is 0.0953 e. The second-order valence-corrected chi connectivity index (χ2v) is 4.32. The van der Waals surface area contributed by atoms with Gasteiger partial charge < -0.3 is 4.57 Å². The van der Waals surface area contributed by atoms with Gasteiger partial charge in [-0.1, -0.05) is 0 Å². The summed E-state index contributed by atoms with van der Waals surface area (Å²) in [6.07, 6.45) is 5.73. The number of nitrogens with zero attached hydrogens (tertiary/aromatic N) is 4. The molecule has 0 amide bonds. The van der Waals surface area contributed by atoms with Crippen LogP contribution >= 0.6 is 11.6 Å². The van der Waals surface area contributed by atoms with E-state index in [-0.39, 0.29) is 0 Å². The molecule has 0 N–H and O–H groups in total. The van der Waals surface area contributed by atoms with Crippen molar-refractivity contribution >= 4 is 11.6 Å². The summed E-state index contributed by atoms with van der Waals surface area (Å²) in [6, 6.07) is 2.43.